The first-order chi connectivity index (χ1) is 15.5. The number of rotatable bonds is 3. The van der Waals surface area contributed by atoms with Crippen molar-refractivity contribution in [3.05, 3.63) is 41.9 Å². The van der Waals surface area contributed by atoms with E-state index in [-0.39, 0.29) is 25.2 Å². The maximum absolute atomic E-state index is 13.0. The van der Waals surface area contributed by atoms with E-state index in [9.17, 15) is 31.1 Å². The Kier molecular flexibility index (Phi) is 5.76. The molecule has 0 spiro atoms. The van der Waals surface area contributed by atoms with Gasteiger partial charge in [-0.1, -0.05) is 0 Å². The SMILES string of the molecule is O=C(Nc1cc(C(F)(F)F)cc(C(F)(F)F)c1)N1CCC(Nc2ncnc3[nH]ncc23)CC1. The van der Waals surface area contributed by atoms with E-state index in [1.807, 2.05) is 0 Å². The number of amides is 2. The van der Waals surface area contributed by atoms with E-state index in [4.69, 9.17) is 0 Å². The van der Waals surface area contributed by atoms with E-state index in [0.29, 0.717) is 41.8 Å². The number of aromatic amines is 1. The van der Waals surface area contributed by atoms with Gasteiger partial charge in [0.15, 0.2) is 5.65 Å². The molecule has 1 aliphatic heterocycles. The first-order valence-electron chi connectivity index (χ1n) is 9.77. The van der Waals surface area contributed by atoms with Crippen molar-refractivity contribution in [2.24, 2.45) is 0 Å². The van der Waals surface area contributed by atoms with Crippen molar-refractivity contribution in [2.75, 3.05) is 23.7 Å². The van der Waals surface area contributed by atoms with Crippen molar-refractivity contribution < 1.29 is 31.1 Å². The van der Waals surface area contributed by atoms with Gasteiger partial charge < -0.3 is 15.5 Å². The molecule has 1 saturated heterocycles. The third-order valence-electron chi connectivity index (χ3n) is 5.21. The minimum atomic E-state index is -4.99. The van der Waals surface area contributed by atoms with E-state index >= 15 is 0 Å². The van der Waals surface area contributed by atoms with Gasteiger partial charge in [-0.2, -0.15) is 31.4 Å². The van der Waals surface area contributed by atoms with Crippen LogP contribution in [-0.4, -0.2) is 50.2 Å². The Labute approximate surface area is 182 Å². The fraction of sp³-hybridized carbons (Fsp3) is 0.368. The molecule has 0 aliphatic carbocycles. The summed E-state index contributed by atoms with van der Waals surface area (Å²) in [5.74, 6) is 0.570. The molecule has 1 aliphatic rings. The van der Waals surface area contributed by atoms with Gasteiger partial charge in [0.05, 0.1) is 22.7 Å². The molecule has 4 rings (SSSR count). The molecule has 176 valence electrons. The second-order valence-corrected chi connectivity index (χ2v) is 7.48. The first kappa shape index (κ1) is 22.6. The van der Waals surface area contributed by atoms with Gasteiger partial charge in [-0.3, -0.25) is 5.10 Å². The number of hydrogen-bond acceptors (Lipinski definition) is 5. The molecule has 0 unspecified atom stereocenters. The van der Waals surface area contributed by atoms with Crippen molar-refractivity contribution in [1.29, 1.82) is 0 Å². The average Bonchev–Trinajstić information content (AvgIpc) is 3.23. The quantitative estimate of drug-likeness (QED) is 0.487. The first-order valence-corrected chi connectivity index (χ1v) is 9.77. The Morgan fingerprint density at radius 1 is 1.00 bits per heavy atom. The number of anilines is 2. The lowest BCUT2D eigenvalue weighted by Crippen LogP contribution is -2.44. The summed E-state index contributed by atoms with van der Waals surface area (Å²) in [4.78, 5) is 22.0. The number of fused-ring (bicyclic) bond motifs is 1. The summed E-state index contributed by atoms with van der Waals surface area (Å²) in [6, 6.07) is 0.142. The number of benzene rings is 1. The number of hydrogen-bond donors (Lipinski definition) is 3. The number of nitrogens with zero attached hydrogens (tertiary/aromatic N) is 4. The van der Waals surface area contributed by atoms with Crippen LogP contribution in [0, 0.1) is 0 Å². The maximum atomic E-state index is 13.0. The van der Waals surface area contributed by atoms with E-state index in [1.165, 1.54) is 11.2 Å². The lowest BCUT2D eigenvalue weighted by Gasteiger charge is -2.32. The molecule has 8 nitrogen and oxygen atoms in total. The molecule has 14 heteroatoms. The smallest absolute Gasteiger partial charge is 0.366 e. The van der Waals surface area contributed by atoms with Gasteiger partial charge in [-0.05, 0) is 31.0 Å². The standard InChI is InChI=1S/C19H17F6N7O/c20-18(21,22)10-5-11(19(23,24)25)7-13(6-10)30-17(33)32-3-1-12(2-4-32)29-15-14-8-28-31-16(14)27-9-26-15/h5-9,12H,1-4H2,(H,30,33)(H2,26,27,28,29,31). The number of alkyl halides is 6. The zero-order chi connectivity index (χ0) is 23.8. The van der Waals surface area contributed by atoms with Crippen LogP contribution in [0.25, 0.3) is 11.0 Å². The molecule has 0 atom stereocenters. The van der Waals surface area contributed by atoms with Crippen LogP contribution in [0.4, 0.5) is 42.6 Å². The molecular formula is C19H17F6N7O. The van der Waals surface area contributed by atoms with Gasteiger partial charge in [-0.15, -0.1) is 0 Å². The summed E-state index contributed by atoms with van der Waals surface area (Å²) in [6.45, 7) is 0.488. The largest absolute Gasteiger partial charge is 0.416 e. The Bertz CT molecular complexity index is 1120. The number of H-pyrrole nitrogens is 1. The second-order valence-electron chi connectivity index (χ2n) is 7.48. The van der Waals surface area contributed by atoms with Gasteiger partial charge >= 0.3 is 18.4 Å². The van der Waals surface area contributed by atoms with Crippen LogP contribution in [0.1, 0.15) is 24.0 Å². The lowest BCUT2D eigenvalue weighted by atomic mass is 10.1. The fourth-order valence-corrected chi connectivity index (χ4v) is 3.53. The fourth-order valence-electron chi connectivity index (χ4n) is 3.53. The van der Waals surface area contributed by atoms with Crippen LogP contribution < -0.4 is 10.6 Å². The highest BCUT2D eigenvalue weighted by molar-refractivity contribution is 5.90. The third-order valence-corrected chi connectivity index (χ3v) is 5.21. The molecule has 2 aromatic heterocycles. The van der Waals surface area contributed by atoms with Crippen molar-refractivity contribution >= 4 is 28.6 Å². The van der Waals surface area contributed by atoms with Crippen molar-refractivity contribution in [2.45, 2.75) is 31.2 Å². The van der Waals surface area contributed by atoms with Gasteiger partial charge in [0.2, 0.25) is 0 Å². The van der Waals surface area contributed by atoms with Crippen LogP contribution in [0.2, 0.25) is 0 Å². The zero-order valence-corrected chi connectivity index (χ0v) is 16.8. The molecule has 3 aromatic rings. The van der Waals surface area contributed by atoms with Crippen LogP contribution in [0.15, 0.2) is 30.7 Å². The van der Waals surface area contributed by atoms with Gasteiger partial charge in [0.25, 0.3) is 0 Å². The second kappa shape index (κ2) is 8.41. The Hall–Kier alpha value is -3.58. The van der Waals surface area contributed by atoms with E-state index in [1.54, 1.807) is 6.20 Å². The van der Waals surface area contributed by atoms with Crippen molar-refractivity contribution in [3.63, 3.8) is 0 Å². The van der Waals surface area contributed by atoms with E-state index < -0.39 is 35.2 Å². The summed E-state index contributed by atoms with van der Waals surface area (Å²) < 4.78 is 78.1. The normalized spacial score (nSPS) is 15.6. The highest BCUT2D eigenvalue weighted by atomic mass is 19.4. The Balaban J connectivity index is 1.40. The summed E-state index contributed by atoms with van der Waals surface area (Å²) in [6.07, 6.45) is -6.06. The summed E-state index contributed by atoms with van der Waals surface area (Å²) in [5.41, 5.74) is -3.01. The molecule has 1 fully saturated rings. The predicted molar refractivity (Wildman–Crippen MR) is 105 cm³/mol. The number of halogens is 6. The molecule has 1 aromatic carbocycles. The number of likely N-dealkylation sites (tertiary alicyclic amines) is 1. The average molecular weight is 473 g/mol. The molecule has 3 N–H and O–H groups in total. The van der Waals surface area contributed by atoms with E-state index in [0.717, 1.165) is 0 Å². The zero-order valence-electron chi connectivity index (χ0n) is 16.8. The molecule has 2 amide bonds. The van der Waals surface area contributed by atoms with Crippen LogP contribution in [0.3, 0.4) is 0 Å². The van der Waals surface area contributed by atoms with Gasteiger partial charge in [-0.25, -0.2) is 14.8 Å². The van der Waals surface area contributed by atoms with Gasteiger partial charge in [0.1, 0.15) is 12.1 Å². The number of urea groups is 1. The number of carbonyl (C=O) groups is 1. The topological polar surface area (TPSA) is 98.8 Å². The van der Waals surface area contributed by atoms with Crippen molar-refractivity contribution in [3.8, 4) is 0 Å². The monoisotopic (exact) mass is 473 g/mol. The van der Waals surface area contributed by atoms with E-state index in [2.05, 4.69) is 30.8 Å². The molecule has 3 heterocycles. The lowest BCUT2D eigenvalue weighted by molar-refractivity contribution is -0.143. The number of piperidine rings is 1. The molecule has 33 heavy (non-hydrogen) atoms. The summed E-state index contributed by atoms with van der Waals surface area (Å²) in [5, 5.41) is 12.7. The number of aromatic nitrogens is 4. The van der Waals surface area contributed by atoms with Crippen LogP contribution >= 0.6 is 0 Å². The number of carbonyl (C=O) groups excluding carboxylic acids is 1. The predicted octanol–water partition coefficient (Wildman–Crippen LogP) is 4.50. The maximum Gasteiger partial charge on any atom is 0.416 e. The molecule has 0 saturated carbocycles. The summed E-state index contributed by atoms with van der Waals surface area (Å²) >= 11 is 0. The Morgan fingerprint density at radius 2 is 1.64 bits per heavy atom. The highest BCUT2D eigenvalue weighted by Gasteiger charge is 2.37. The summed E-state index contributed by atoms with van der Waals surface area (Å²) in [7, 11) is 0. The molecular weight excluding hydrogens is 456 g/mol. The molecule has 0 radical (unpaired) electrons. The van der Waals surface area contributed by atoms with Crippen molar-refractivity contribution in [1.82, 2.24) is 25.1 Å². The molecule has 0 bridgehead atoms. The van der Waals surface area contributed by atoms with Gasteiger partial charge in [0, 0.05) is 24.8 Å². The number of nitrogens with one attached hydrogen (secondary N) is 3. The minimum Gasteiger partial charge on any atom is -0.366 e. The van der Waals surface area contributed by atoms with Crippen LogP contribution in [0.5, 0.6) is 0 Å². The van der Waals surface area contributed by atoms with Crippen LogP contribution in [-0.2, 0) is 12.4 Å². The third kappa shape index (κ3) is 5.09. The minimum absolute atomic E-state index is 0.0108. The highest BCUT2D eigenvalue weighted by Crippen LogP contribution is 2.37. The Morgan fingerprint density at radius 3 is 2.24 bits per heavy atom.